The third kappa shape index (κ3) is 1.48. The van der Waals surface area contributed by atoms with Crippen LogP contribution in [-0.2, 0) is 28.5 Å². The lowest BCUT2D eigenvalue weighted by Crippen LogP contribution is -2.66. The van der Waals surface area contributed by atoms with Crippen LogP contribution in [0, 0.1) is 16.7 Å². The van der Waals surface area contributed by atoms with Crippen molar-refractivity contribution >= 4 is 11.9 Å². The molecule has 3 N–H and O–H groups in total. The predicted molar refractivity (Wildman–Crippen MR) is 82.9 cm³/mol. The summed E-state index contributed by atoms with van der Waals surface area (Å²) < 4.78 is 22.8. The molecule has 9 heteroatoms. The Hall–Kier alpha value is -1.52. The van der Waals surface area contributed by atoms with E-state index in [1.54, 1.807) is 6.92 Å². The van der Waals surface area contributed by atoms with Crippen LogP contribution in [0.3, 0.4) is 0 Å². The normalized spacial score (nSPS) is 60.0. The maximum atomic E-state index is 12.8. The minimum absolute atomic E-state index is 0.395. The molecular weight excluding hydrogens is 360 g/mol. The van der Waals surface area contributed by atoms with Gasteiger partial charge in [-0.25, -0.2) is 4.79 Å². The number of epoxide rings is 2. The molecule has 0 aromatic carbocycles. The Morgan fingerprint density at radius 3 is 2.59 bits per heavy atom. The molecule has 27 heavy (non-hydrogen) atoms. The van der Waals surface area contributed by atoms with Crippen LogP contribution in [0.5, 0.6) is 0 Å². The number of aliphatic hydroxyl groups is 3. The maximum Gasteiger partial charge on any atom is 0.331 e. The van der Waals surface area contributed by atoms with Crippen LogP contribution in [-0.4, -0.2) is 82.2 Å². The second kappa shape index (κ2) is 4.38. The Bertz CT molecular complexity index is 824. The van der Waals surface area contributed by atoms with Gasteiger partial charge in [-0.15, -0.1) is 0 Å². The zero-order valence-corrected chi connectivity index (χ0v) is 14.7. The molecule has 0 aromatic rings. The molecule has 5 fully saturated rings. The highest BCUT2D eigenvalue weighted by Gasteiger charge is 2.89. The minimum Gasteiger partial charge on any atom is -0.459 e. The van der Waals surface area contributed by atoms with E-state index in [1.807, 2.05) is 6.92 Å². The molecule has 3 saturated heterocycles. The number of carbonyl (C=O) groups is 2. The molecule has 11 atom stereocenters. The Morgan fingerprint density at radius 2 is 1.89 bits per heavy atom. The minimum atomic E-state index is -1.34. The van der Waals surface area contributed by atoms with Crippen LogP contribution in [0.1, 0.15) is 13.8 Å². The lowest BCUT2D eigenvalue weighted by molar-refractivity contribution is -0.162. The Kier molecular flexibility index (Phi) is 2.67. The van der Waals surface area contributed by atoms with E-state index in [2.05, 4.69) is 0 Å². The molecule has 9 nitrogen and oxygen atoms in total. The summed E-state index contributed by atoms with van der Waals surface area (Å²) in [6, 6.07) is 0. The monoisotopic (exact) mass is 380 g/mol. The molecule has 0 amide bonds. The van der Waals surface area contributed by atoms with Gasteiger partial charge in [-0.3, -0.25) is 4.79 Å². The van der Waals surface area contributed by atoms with E-state index in [9.17, 15) is 24.9 Å². The van der Waals surface area contributed by atoms with Gasteiger partial charge < -0.3 is 34.3 Å². The fraction of sp³-hybridized carbons (Fsp3) is 0.778. The van der Waals surface area contributed by atoms with Crippen LogP contribution >= 0.6 is 0 Å². The Labute approximate surface area is 153 Å². The number of esters is 2. The zero-order chi connectivity index (χ0) is 19.1. The lowest BCUT2D eigenvalue weighted by atomic mass is 9.46. The average molecular weight is 380 g/mol. The topological polar surface area (TPSA) is 138 Å². The number of hydrogen-bond donors (Lipinski definition) is 3. The second-order valence-corrected chi connectivity index (χ2v) is 8.88. The second-order valence-electron chi connectivity index (χ2n) is 8.88. The van der Waals surface area contributed by atoms with Crippen molar-refractivity contribution in [1.82, 2.24) is 0 Å². The molecule has 11 unspecified atom stereocenters. The molecule has 4 aliphatic heterocycles. The molecule has 2 aliphatic carbocycles. The maximum absolute atomic E-state index is 12.8. The standard InChI is InChI=1S/C18H20O9/c1-16-6-3-7(21)24-12(5(20)4-19)18(6)14(27-18)8-10(16)17(2,15(23)26-8)11(22)9-13(16)25-9/h3,5,8-14,19-20,22H,4H2,1-2H3. The summed E-state index contributed by atoms with van der Waals surface area (Å²) in [6.45, 7) is 2.97. The Morgan fingerprint density at radius 1 is 1.15 bits per heavy atom. The van der Waals surface area contributed by atoms with Crippen molar-refractivity contribution < 1.29 is 43.9 Å². The number of cyclic esters (lactones) is 1. The molecule has 146 valence electrons. The number of rotatable bonds is 2. The smallest absolute Gasteiger partial charge is 0.331 e. The third-order valence-corrected chi connectivity index (χ3v) is 7.80. The summed E-state index contributed by atoms with van der Waals surface area (Å²) in [4.78, 5) is 25.1. The molecule has 6 rings (SSSR count). The summed E-state index contributed by atoms with van der Waals surface area (Å²) in [6.07, 6.45) is -4.29. The van der Waals surface area contributed by atoms with Crippen molar-refractivity contribution in [3.63, 3.8) is 0 Å². The van der Waals surface area contributed by atoms with Crippen molar-refractivity contribution in [1.29, 1.82) is 0 Å². The molecular formula is C18H20O9. The van der Waals surface area contributed by atoms with Gasteiger partial charge >= 0.3 is 11.9 Å². The van der Waals surface area contributed by atoms with Gasteiger partial charge in [-0.2, -0.15) is 0 Å². The van der Waals surface area contributed by atoms with Gasteiger partial charge in [0.15, 0.2) is 11.7 Å². The van der Waals surface area contributed by atoms with Gasteiger partial charge in [-0.1, -0.05) is 6.92 Å². The van der Waals surface area contributed by atoms with Crippen molar-refractivity contribution in [2.45, 2.75) is 62.2 Å². The van der Waals surface area contributed by atoms with Crippen molar-refractivity contribution in [2.24, 2.45) is 16.7 Å². The van der Waals surface area contributed by atoms with Crippen LogP contribution < -0.4 is 0 Å². The summed E-state index contributed by atoms with van der Waals surface area (Å²) in [5.74, 6) is -1.60. The van der Waals surface area contributed by atoms with Gasteiger partial charge in [0.2, 0.25) is 0 Å². The van der Waals surface area contributed by atoms with E-state index >= 15 is 0 Å². The summed E-state index contributed by atoms with van der Waals surface area (Å²) >= 11 is 0. The fourth-order valence-corrected chi connectivity index (χ4v) is 6.58. The summed E-state index contributed by atoms with van der Waals surface area (Å²) in [5.41, 5.74) is -2.55. The first-order valence-electron chi connectivity index (χ1n) is 9.17. The van der Waals surface area contributed by atoms with E-state index < -0.39 is 83.6 Å². The molecule has 2 saturated carbocycles. The van der Waals surface area contributed by atoms with Crippen LogP contribution in [0.2, 0.25) is 0 Å². The van der Waals surface area contributed by atoms with Crippen LogP contribution in [0.25, 0.3) is 0 Å². The predicted octanol–water partition coefficient (Wildman–Crippen LogP) is -1.96. The van der Waals surface area contributed by atoms with Crippen molar-refractivity contribution in [2.75, 3.05) is 6.61 Å². The van der Waals surface area contributed by atoms with Gasteiger partial charge in [0.05, 0.1) is 18.8 Å². The first-order chi connectivity index (χ1) is 12.7. The molecule has 0 aromatic heterocycles. The van der Waals surface area contributed by atoms with E-state index in [0.717, 1.165) is 0 Å². The van der Waals surface area contributed by atoms with Crippen molar-refractivity contribution in [3.05, 3.63) is 11.6 Å². The molecule has 4 heterocycles. The van der Waals surface area contributed by atoms with E-state index in [4.69, 9.17) is 18.9 Å². The number of carbonyl (C=O) groups excluding carboxylic acids is 2. The first-order valence-corrected chi connectivity index (χ1v) is 9.17. The molecule has 0 bridgehead atoms. The van der Waals surface area contributed by atoms with Gasteiger partial charge in [0.1, 0.15) is 29.8 Å². The van der Waals surface area contributed by atoms with Gasteiger partial charge in [0.25, 0.3) is 0 Å². The van der Waals surface area contributed by atoms with E-state index in [-0.39, 0.29) is 0 Å². The fourth-order valence-electron chi connectivity index (χ4n) is 6.58. The van der Waals surface area contributed by atoms with Gasteiger partial charge in [-0.05, 0) is 12.5 Å². The van der Waals surface area contributed by atoms with Crippen LogP contribution in [0.4, 0.5) is 0 Å². The zero-order valence-electron chi connectivity index (χ0n) is 14.7. The summed E-state index contributed by atoms with van der Waals surface area (Å²) in [5, 5.41) is 30.5. The van der Waals surface area contributed by atoms with Gasteiger partial charge in [0, 0.05) is 17.4 Å². The highest BCUT2D eigenvalue weighted by molar-refractivity contribution is 5.88. The van der Waals surface area contributed by atoms with E-state index in [1.165, 1.54) is 6.08 Å². The number of ether oxygens (including phenoxy) is 4. The largest absolute Gasteiger partial charge is 0.459 e. The van der Waals surface area contributed by atoms with Crippen LogP contribution in [0.15, 0.2) is 11.6 Å². The third-order valence-electron chi connectivity index (χ3n) is 7.80. The Balaban J connectivity index is 1.58. The quantitative estimate of drug-likeness (QED) is 0.368. The molecule has 1 spiro atoms. The SMILES string of the molecule is CC12C(=O)OC3C1C(C)(C1=CC(=O)OC(C(O)CO)C14OC34)C1OC1C2O. The number of hydrogen-bond acceptors (Lipinski definition) is 9. The van der Waals surface area contributed by atoms with E-state index in [0.29, 0.717) is 5.57 Å². The first kappa shape index (κ1) is 16.4. The summed E-state index contributed by atoms with van der Waals surface area (Å²) in [7, 11) is 0. The average Bonchev–Trinajstić information content (AvgIpc) is 3.53. The number of aliphatic hydroxyl groups excluding tert-OH is 3. The highest BCUT2D eigenvalue weighted by atomic mass is 16.7. The molecule has 0 radical (unpaired) electrons. The number of fused-ring (bicyclic) bond motifs is 4. The highest BCUT2D eigenvalue weighted by Crippen LogP contribution is 2.75. The lowest BCUT2D eigenvalue weighted by Gasteiger charge is -2.53. The molecule has 6 aliphatic rings. The van der Waals surface area contributed by atoms with Crippen molar-refractivity contribution in [3.8, 4) is 0 Å².